The van der Waals surface area contributed by atoms with E-state index in [-0.39, 0.29) is 23.6 Å². The Labute approximate surface area is 127 Å². The molecule has 0 amide bonds. The zero-order valence-electron chi connectivity index (χ0n) is 11.9. The number of halogens is 2. The molecule has 1 aliphatic carbocycles. The van der Waals surface area contributed by atoms with Gasteiger partial charge in [0.15, 0.2) is 0 Å². The van der Waals surface area contributed by atoms with Crippen LogP contribution in [0.2, 0.25) is 0 Å². The third-order valence-electron chi connectivity index (χ3n) is 3.98. The molecule has 2 nitrogen and oxygen atoms in total. The summed E-state index contributed by atoms with van der Waals surface area (Å²) in [5, 5.41) is 0. The molecule has 1 aromatic carbocycles. The number of pyridine rings is 1. The van der Waals surface area contributed by atoms with Gasteiger partial charge in [-0.25, -0.2) is 8.78 Å². The molecular weight excluding hydrogens is 284 g/mol. The largest absolute Gasteiger partial charge is 0.312 e. The maximum Gasteiger partial charge on any atom is 0.254 e. The maximum atomic E-state index is 14.1. The zero-order chi connectivity index (χ0) is 15.7. The minimum atomic E-state index is -0.639. The molecule has 22 heavy (non-hydrogen) atoms. The van der Waals surface area contributed by atoms with E-state index < -0.39 is 17.6 Å². The van der Waals surface area contributed by atoms with Gasteiger partial charge in [-0.3, -0.25) is 4.79 Å². The van der Waals surface area contributed by atoms with Crippen molar-refractivity contribution in [1.82, 2.24) is 4.57 Å². The molecule has 0 aliphatic heterocycles. The van der Waals surface area contributed by atoms with E-state index in [1.165, 1.54) is 0 Å². The fraction of sp³-hybridized carbons (Fsp3) is 0.278. The van der Waals surface area contributed by atoms with Crippen molar-refractivity contribution in [2.75, 3.05) is 0 Å². The topological polar surface area (TPSA) is 22.0 Å². The van der Waals surface area contributed by atoms with E-state index in [1.54, 1.807) is 22.9 Å². The van der Waals surface area contributed by atoms with Gasteiger partial charge in [-0.15, -0.1) is 12.3 Å². The average molecular weight is 299 g/mol. The molecule has 0 saturated heterocycles. The summed E-state index contributed by atoms with van der Waals surface area (Å²) in [5.74, 6) is 0.729. The van der Waals surface area contributed by atoms with E-state index in [0.29, 0.717) is 5.56 Å². The van der Waals surface area contributed by atoms with Crippen molar-refractivity contribution in [3.8, 4) is 12.3 Å². The van der Waals surface area contributed by atoms with Crippen LogP contribution in [0.1, 0.15) is 42.3 Å². The molecule has 0 N–H and O–H groups in total. The van der Waals surface area contributed by atoms with Crippen LogP contribution >= 0.6 is 0 Å². The molecule has 3 rings (SSSR count). The van der Waals surface area contributed by atoms with E-state index in [9.17, 15) is 13.6 Å². The first-order valence-electron chi connectivity index (χ1n) is 7.21. The van der Waals surface area contributed by atoms with Gasteiger partial charge in [0.25, 0.3) is 5.56 Å². The lowest BCUT2D eigenvalue weighted by Gasteiger charge is -2.17. The molecular formula is C18H15F2NO. The average Bonchev–Trinajstić information content (AvgIpc) is 3.33. The Morgan fingerprint density at radius 1 is 1.27 bits per heavy atom. The number of aromatic nitrogens is 1. The summed E-state index contributed by atoms with van der Waals surface area (Å²) >= 11 is 0. The second kappa shape index (κ2) is 5.76. The molecule has 0 bridgehead atoms. The summed E-state index contributed by atoms with van der Waals surface area (Å²) in [5.41, 5.74) is 0.370. The van der Waals surface area contributed by atoms with Crippen LogP contribution in [0.5, 0.6) is 0 Å². The molecule has 1 atom stereocenters. The lowest BCUT2D eigenvalue weighted by Crippen LogP contribution is -2.25. The van der Waals surface area contributed by atoms with Crippen molar-refractivity contribution in [3.63, 3.8) is 0 Å². The van der Waals surface area contributed by atoms with Crippen LogP contribution in [-0.4, -0.2) is 4.57 Å². The molecule has 4 heteroatoms. The molecule has 0 radical (unpaired) electrons. The number of hydrogen-bond donors (Lipinski definition) is 0. The van der Waals surface area contributed by atoms with Gasteiger partial charge in [-0.1, -0.05) is 6.07 Å². The van der Waals surface area contributed by atoms with E-state index in [2.05, 4.69) is 5.92 Å². The molecule has 1 aromatic heterocycles. The van der Waals surface area contributed by atoms with Gasteiger partial charge in [0.05, 0.1) is 0 Å². The summed E-state index contributed by atoms with van der Waals surface area (Å²) in [6.07, 6.45) is 9.19. The summed E-state index contributed by atoms with van der Waals surface area (Å²) in [7, 11) is 0. The van der Waals surface area contributed by atoms with E-state index in [4.69, 9.17) is 6.42 Å². The van der Waals surface area contributed by atoms with Crippen molar-refractivity contribution >= 4 is 0 Å². The van der Waals surface area contributed by atoms with Gasteiger partial charge in [0.2, 0.25) is 0 Å². The van der Waals surface area contributed by atoms with Crippen LogP contribution in [0.4, 0.5) is 8.78 Å². The van der Waals surface area contributed by atoms with Crippen molar-refractivity contribution in [1.29, 1.82) is 0 Å². The first-order chi connectivity index (χ1) is 10.6. The minimum Gasteiger partial charge on any atom is -0.312 e. The SMILES string of the molecule is C#CCC(c1cc(F)ccc1F)c1cccn(C2CC2)c1=O. The maximum absolute atomic E-state index is 14.1. The van der Waals surface area contributed by atoms with Gasteiger partial charge in [0, 0.05) is 30.1 Å². The van der Waals surface area contributed by atoms with Crippen LogP contribution in [-0.2, 0) is 0 Å². The number of benzene rings is 1. The monoisotopic (exact) mass is 299 g/mol. The van der Waals surface area contributed by atoms with Gasteiger partial charge < -0.3 is 4.57 Å². The summed E-state index contributed by atoms with van der Waals surface area (Å²) in [4.78, 5) is 12.6. The molecule has 1 aliphatic rings. The molecule has 1 heterocycles. The third kappa shape index (κ3) is 2.67. The van der Waals surface area contributed by atoms with Crippen LogP contribution < -0.4 is 5.56 Å². The number of nitrogens with zero attached hydrogens (tertiary/aromatic N) is 1. The fourth-order valence-electron chi connectivity index (χ4n) is 2.72. The number of hydrogen-bond acceptors (Lipinski definition) is 1. The van der Waals surface area contributed by atoms with Gasteiger partial charge >= 0.3 is 0 Å². The second-order valence-electron chi connectivity index (χ2n) is 5.53. The Hall–Kier alpha value is -2.41. The highest BCUT2D eigenvalue weighted by atomic mass is 19.1. The smallest absolute Gasteiger partial charge is 0.254 e. The fourth-order valence-corrected chi connectivity index (χ4v) is 2.72. The second-order valence-corrected chi connectivity index (χ2v) is 5.53. The quantitative estimate of drug-likeness (QED) is 0.790. The van der Waals surface area contributed by atoms with Crippen molar-refractivity contribution in [2.24, 2.45) is 0 Å². The Morgan fingerprint density at radius 3 is 2.73 bits per heavy atom. The minimum absolute atomic E-state index is 0.128. The zero-order valence-corrected chi connectivity index (χ0v) is 11.9. The van der Waals surface area contributed by atoms with E-state index in [0.717, 1.165) is 31.0 Å². The number of rotatable bonds is 4. The first kappa shape index (κ1) is 14.5. The van der Waals surface area contributed by atoms with Gasteiger partial charge in [-0.05, 0) is 42.7 Å². The lowest BCUT2D eigenvalue weighted by molar-refractivity contribution is 0.573. The molecule has 2 aromatic rings. The summed E-state index contributed by atoms with van der Waals surface area (Å²) in [6, 6.07) is 6.86. The Bertz CT molecular complexity index is 799. The Kier molecular flexibility index (Phi) is 3.81. The van der Waals surface area contributed by atoms with Crippen molar-refractivity contribution < 1.29 is 8.78 Å². The van der Waals surface area contributed by atoms with Crippen molar-refractivity contribution in [2.45, 2.75) is 31.2 Å². The molecule has 1 fully saturated rings. The molecule has 1 saturated carbocycles. The standard InChI is InChI=1S/C18H15F2NO/c1-2-4-14(16-11-12(19)6-9-17(16)20)15-5-3-10-21(18(15)22)13-7-8-13/h1,3,5-6,9-11,13-14H,4,7-8H2. The Balaban J connectivity index is 2.13. The van der Waals surface area contributed by atoms with Crippen LogP contribution in [0.3, 0.4) is 0 Å². The van der Waals surface area contributed by atoms with E-state index in [1.807, 2.05) is 0 Å². The van der Waals surface area contributed by atoms with Crippen molar-refractivity contribution in [3.05, 3.63) is 69.6 Å². The third-order valence-corrected chi connectivity index (χ3v) is 3.98. The predicted octanol–water partition coefficient (Wildman–Crippen LogP) is 3.62. The lowest BCUT2D eigenvalue weighted by atomic mass is 9.89. The van der Waals surface area contributed by atoms with E-state index >= 15 is 0 Å². The number of terminal acetylenes is 1. The highest BCUT2D eigenvalue weighted by Crippen LogP contribution is 2.34. The molecule has 0 spiro atoms. The molecule has 1 unspecified atom stereocenters. The van der Waals surface area contributed by atoms with Crippen LogP contribution in [0, 0.1) is 24.0 Å². The van der Waals surface area contributed by atoms with Gasteiger partial charge in [-0.2, -0.15) is 0 Å². The highest BCUT2D eigenvalue weighted by molar-refractivity contribution is 5.34. The summed E-state index contributed by atoms with van der Waals surface area (Å²) < 4.78 is 29.2. The summed E-state index contributed by atoms with van der Waals surface area (Å²) in [6.45, 7) is 0. The van der Waals surface area contributed by atoms with Crippen LogP contribution in [0.15, 0.2) is 41.3 Å². The Morgan fingerprint density at radius 2 is 2.05 bits per heavy atom. The normalized spacial score (nSPS) is 15.3. The molecule has 112 valence electrons. The predicted molar refractivity (Wildman–Crippen MR) is 80.6 cm³/mol. The van der Waals surface area contributed by atoms with Crippen LogP contribution in [0.25, 0.3) is 0 Å². The first-order valence-corrected chi connectivity index (χ1v) is 7.21. The highest BCUT2D eigenvalue weighted by Gasteiger charge is 2.27. The van der Waals surface area contributed by atoms with Gasteiger partial charge in [0.1, 0.15) is 11.6 Å².